The third-order valence-electron chi connectivity index (χ3n) is 3.02. The van der Waals surface area contributed by atoms with E-state index in [0.29, 0.717) is 0 Å². The van der Waals surface area contributed by atoms with Crippen LogP contribution in [-0.4, -0.2) is 0 Å². The van der Waals surface area contributed by atoms with Crippen molar-refractivity contribution in [1.29, 1.82) is 0 Å². The highest BCUT2D eigenvalue weighted by molar-refractivity contribution is 6.09. The Morgan fingerprint density at radius 1 is 0.625 bits per heavy atom. The lowest BCUT2D eigenvalue weighted by Crippen LogP contribution is -1.73. The minimum absolute atomic E-state index is 0.915. The van der Waals surface area contributed by atoms with Crippen LogP contribution in [0.25, 0.3) is 32.7 Å². The molecule has 0 saturated heterocycles. The van der Waals surface area contributed by atoms with E-state index in [9.17, 15) is 0 Å². The molecule has 0 atom stereocenters. The Morgan fingerprint density at radius 3 is 2.50 bits per heavy atom. The highest BCUT2D eigenvalue weighted by Crippen LogP contribution is 2.30. The molecule has 4 aromatic rings. The molecular formula is C14H8O2. The summed E-state index contributed by atoms with van der Waals surface area (Å²) >= 11 is 0. The quantitative estimate of drug-likeness (QED) is 0.430. The van der Waals surface area contributed by atoms with Crippen molar-refractivity contribution in [3.8, 4) is 0 Å². The standard InChI is InChI=1S/C14H8O2/c1-2-13-11(4-6-15-13)12-8-14-10(3-5-16-14)7-9(1)12/h1-8H. The van der Waals surface area contributed by atoms with Gasteiger partial charge in [-0.1, -0.05) is 6.07 Å². The van der Waals surface area contributed by atoms with E-state index in [2.05, 4.69) is 18.2 Å². The van der Waals surface area contributed by atoms with E-state index in [1.54, 1.807) is 12.5 Å². The van der Waals surface area contributed by atoms with Gasteiger partial charge < -0.3 is 8.83 Å². The largest absolute Gasteiger partial charge is 0.464 e. The van der Waals surface area contributed by atoms with Gasteiger partial charge in [-0.25, -0.2) is 0 Å². The zero-order valence-electron chi connectivity index (χ0n) is 8.44. The molecule has 2 heteroatoms. The lowest BCUT2D eigenvalue weighted by atomic mass is 10.1. The van der Waals surface area contributed by atoms with Gasteiger partial charge in [-0.2, -0.15) is 0 Å². The van der Waals surface area contributed by atoms with E-state index >= 15 is 0 Å². The molecule has 2 aromatic heterocycles. The van der Waals surface area contributed by atoms with Crippen molar-refractivity contribution >= 4 is 32.7 Å². The van der Waals surface area contributed by atoms with Gasteiger partial charge in [0.05, 0.1) is 12.5 Å². The molecule has 0 aliphatic carbocycles. The summed E-state index contributed by atoms with van der Waals surface area (Å²) in [6.07, 6.45) is 3.44. The van der Waals surface area contributed by atoms with Crippen molar-refractivity contribution in [2.75, 3.05) is 0 Å². The van der Waals surface area contributed by atoms with E-state index in [1.807, 2.05) is 18.2 Å². The van der Waals surface area contributed by atoms with Crippen LogP contribution in [0.5, 0.6) is 0 Å². The predicted molar refractivity (Wildman–Crippen MR) is 63.5 cm³/mol. The summed E-state index contributed by atoms with van der Waals surface area (Å²) < 4.78 is 10.8. The van der Waals surface area contributed by atoms with E-state index in [0.717, 1.165) is 21.9 Å². The second-order valence-electron chi connectivity index (χ2n) is 3.93. The molecule has 16 heavy (non-hydrogen) atoms. The van der Waals surface area contributed by atoms with Crippen molar-refractivity contribution in [2.45, 2.75) is 0 Å². The van der Waals surface area contributed by atoms with Gasteiger partial charge in [0, 0.05) is 10.8 Å². The SMILES string of the molecule is c1cc2cc3ccc4occc4c3cc2o1. The summed E-state index contributed by atoms with van der Waals surface area (Å²) in [7, 11) is 0. The molecule has 2 nitrogen and oxygen atoms in total. The van der Waals surface area contributed by atoms with Crippen LogP contribution in [0.15, 0.2) is 57.8 Å². The average Bonchev–Trinajstić information content (AvgIpc) is 2.94. The van der Waals surface area contributed by atoms with Crippen molar-refractivity contribution < 1.29 is 8.83 Å². The first-order chi connectivity index (χ1) is 7.92. The van der Waals surface area contributed by atoms with Gasteiger partial charge >= 0.3 is 0 Å². The smallest absolute Gasteiger partial charge is 0.134 e. The number of hydrogen-bond acceptors (Lipinski definition) is 2. The van der Waals surface area contributed by atoms with Crippen molar-refractivity contribution in [2.24, 2.45) is 0 Å². The van der Waals surface area contributed by atoms with E-state index in [4.69, 9.17) is 8.83 Å². The van der Waals surface area contributed by atoms with Gasteiger partial charge in [0.1, 0.15) is 11.2 Å². The summed E-state index contributed by atoms with van der Waals surface area (Å²) in [5.41, 5.74) is 1.83. The Hall–Kier alpha value is -2.22. The summed E-state index contributed by atoms with van der Waals surface area (Å²) in [4.78, 5) is 0. The topological polar surface area (TPSA) is 26.3 Å². The molecular weight excluding hydrogens is 200 g/mol. The Kier molecular flexibility index (Phi) is 1.33. The summed E-state index contributed by atoms with van der Waals surface area (Å²) in [5, 5.41) is 4.66. The van der Waals surface area contributed by atoms with Crippen LogP contribution in [0.3, 0.4) is 0 Å². The maximum atomic E-state index is 5.42. The van der Waals surface area contributed by atoms with Crippen LogP contribution in [0.1, 0.15) is 0 Å². The van der Waals surface area contributed by atoms with Crippen LogP contribution >= 0.6 is 0 Å². The first kappa shape index (κ1) is 7.99. The Morgan fingerprint density at radius 2 is 1.50 bits per heavy atom. The highest BCUT2D eigenvalue weighted by Gasteiger charge is 2.05. The number of furan rings is 2. The summed E-state index contributed by atoms with van der Waals surface area (Å²) in [6.45, 7) is 0. The van der Waals surface area contributed by atoms with Crippen molar-refractivity contribution in [3.63, 3.8) is 0 Å². The molecule has 2 heterocycles. The van der Waals surface area contributed by atoms with Gasteiger partial charge in [-0.05, 0) is 41.1 Å². The zero-order valence-corrected chi connectivity index (χ0v) is 8.44. The van der Waals surface area contributed by atoms with E-state index in [-0.39, 0.29) is 0 Å². The molecule has 0 amide bonds. The molecule has 0 saturated carbocycles. The molecule has 0 fully saturated rings. The fraction of sp³-hybridized carbons (Fsp3) is 0. The minimum atomic E-state index is 0.915. The fourth-order valence-electron chi connectivity index (χ4n) is 2.24. The first-order valence-electron chi connectivity index (χ1n) is 5.19. The van der Waals surface area contributed by atoms with Crippen LogP contribution in [0.4, 0.5) is 0 Å². The fourth-order valence-corrected chi connectivity index (χ4v) is 2.24. The molecule has 0 bridgehead atoms. The molecule has 0 spiro atoms. The predicted octanol–water partition coefficient (Wildman–Crippen LogP) is 4.33. The second-order valence-corrected chi connectivity index (χ2v) is 3.93. The number of rotatable bonds is 0. The molecule has 0 aliphatic heterocycles. The normalized spacial score (nSPS) is 11.8. The van der Waals surface area contributed by atoms with Gasteiger partial charge in [0.2, 0.25) is 0 Å². The Balaban J connectivity index is 2.33. The average molecular weight is 208 g/mol. The third-order valence-corrected chi connectivity index (χ3v) is 3.02. The minimum Gasteiger partial charge on any atom is -0.464 e. The van der Waals surface area contributed by atoms with Crippen molar-refractivity contribution in [3.05, 3.63) is 48.9 Å². The van der Waals surface area contributed by atoms with Crippen LogP contribution in [0.2, 0.25) is 0 Å². The van der Waals surface area contributed by atoms with Crippen molar-refractivity contribution in [1.82, 2.24) is 0 Å². The maximum absolute atomic E-state index is 5.42. The molecule has 76 valence electrons. The molecule has 0 radical (unpaired) electrons. The first-order valence-corrected chi connectivity index (χ1v) is 5.19. The molecule has 0 N–H and O–H groups in total. The van der Waals surface area contributed by atoms with Gasteiger partial charge in [0.25, 0.3) is 0 Å². The van der Waals surface area contributed by atoms with Gasteiger partial charge in [-0.3, -0.25) is 0 Å². The number of hydrogen-bond donors (Lipinski definition) is 0. The number of benzene rings is 2. The summed E-state index contributed by atoms with van der Waals surface area (Å²) in [5.74, 6) is 0. The Labute approximate surface area is 91.1 Å². The second kappa shape index (κ2) is 2.67. The monoisotopic (exact) mass is 208 g/mol. The zero-order chi connectivity index (χ0) is 10.5. The third kappa shape index (κ3) is 0.910. The van der Waals surface area contributed by atoms with Gasteiger partial charge in [-0.15, -0.1) is 0 Å². The number of fused-ring (bicyclic) bond motifs is 4. The highest BCUT2D eigenvalue weighted by atomic mass is 16.3. The maximum Gasteiger partial charge on any atom is 0.134 e. The molecule has 2 aromatic carbocycles. The lowest BCUT2D eigenvalue weighted by molar-refractivity contribution is 0.616. The van der Waals surface area contributed by atoms with E-state index < -0.39 is 0 Å². The molecule has 4 rings (SSSR count). The molecule has 0 unspecified atom stereocenters. The lowest BCUT2D eigenvalue weighted by Gasteiger charge is -1.99. The van der Waals surface area contributed by atoms with Crippen LogP contribution in [-0.2, 0) is 0 Å². The van der Waals surface area contributed by atoms with E-state index in [1.165, 1.54) is 10.8 Å². The van der Waals surface area contributed by atoms with Crippen LogP contribution in [0, 0.1) is 0 Å². The molecule has 0 aliphatic rings. The van der Waals surface area contributed by atoms with Gasteiger partial charge in [0.15, 0.2) is 0 Å². The van der Waals surface area contributed by atoms with Crippen LogP contribution < -0.4 is 0 Å². The summed E-state index contributed by atoms with van der Waals surface area (Å²) in [6, 6.07) is 12.3. The Bertz CT molecular complexity index is 804.